The van der Waals surface area contributed by atoms with Gasteiger partial charge in [-0.2, -0.15) is 18.4 Å². The Hall–Kier alpha value is -2.41. The van der Waals surface area contributed by atoms with E-state index in [-0.39, 0.29) is 25.2 Å². The first kappa shape index (κ1) is 22.9. The molecule has 1 aromatic heterocycles. The Balaban J connectivity index is 3.09. The van der Waals surface area contributed by atoms with E-state index >= 15 is 0 Å². The summed E-state index contributed by atoms with van der Waals surface area (Å²) in [6.45, 7) is 3.19. The van der Waals surface area contributed by atoms with Crippen LogP contribution in [0.4, 0.5) is 22.0 Å². The van der Waals surface area contributed by atoms with Gasteiger partial charge in [-0.3, -0.25) is 0 Å². The van der Waals surface area contributed by atoms with Crippen LogP contribution in [0.5, 0.6) is 0 Å². The lowest BCUT2D eigenvalue weighted by Crippen LogP contribution is -2.22. The fraction of sp³-hybridized carbons (Fsp3) is 0.500. The molecule has 1 aliphatic heterocycles. The molecule has 0 saturated carbocycles. The highest BCUT2D eigenvalue weighted by atomic mass is 35.5. The summed E-state index contributed by atoms with van der Waals surface area (Å²) in [5.74, 6) is -2.54. The van der Waals surface area contributed by atoms with Gasteiger partial charge in [-0.25, -0.2) is 18.6 Å². The smallest absolute Gasteiger partial charge is 0.434 e. The average molecular weight is 439 g/mol. The molecule has 1 atom stereocenters. The number of carbonyl (C=O) groups is 1. The van der Waals surface area contributed by atoms with E-state index in [1.54, 1.807) is 19.9 Å². The average Bonchev–Trinajstić information content (AvgIpc) is 3.00. The van der Waals surface area contributed by atoms with Gasteiger partial charge in [-0.15, -0.1) is 11.6 Å². The van der Waals surface area contributed by atoms with Crippen LogP contribution in [0.25, 0.3) is 5.57 Å². The van der Waals surface area contributed by atoms with Gasteiger partial charge in [-0.1, -0.05) is 13.8 Å². The summed E-state index contributed by atoms with van der Waals surface area (Å²) in [5.41, 5.74) is -6.39. The lowest BCUT2D eigenvalue weighted by molar-refractivity contribution is -0.141. The second kappa shape index (κ2) is 8.53. The quantitative estimate of drug-likeness (QED) is 0.388. The molecule has 1 aromatic rings. The summed E-state index contributed by atoms with van der Waals surface area (Å²) in [6.07, 6.45) is -8.89. The van der Waals surface area contributed by atoms with Crippen molar-refractivity contribution in [2.24, 2.45) is 5.92 Å². The maximum atomic E-state index is 13.8. The molecular weight excluding hydrogens is 423 g/mol. The van der Waals surface area contributed by atoms with Crippen LogP contribution in [0.2, 0.25) is 0 Å². The number of carboxylic acids is 1. The normalized spacial score (nSPS) is 18.7. The molecule has 1 fully saturated rings. The Morgan fingerprint density at radius 3 is 2.38 bits per heavy atom. The predicted octanol–water partition coefficient (Wildman–Crippen LogP) is 5.20. The molecule has 2 rings (SSSR count). The lowest BCUT2D eigenvalue weighted by atomic mass is 9.87. The first-order valence-electron chi connectivity index (χ1n) is 8.47. The van der Waals surface area contributed by atoms with Gasteiger partial charge < -0.3 is 9.84 Å². The second-order valence-corrected chi connectivity index (χ2v) is 7.26. The number of nitriles is 1. The summed E-state index contributed by atoms with van der Waals surface area (Å²) >= 11 is 6.04. The third-order valence-corrected chi connectivity index (χ3v) is 4.57. The molecule has 0 spiro atoms. The Morgan fingerprint density at radius 1 is 1.38 bits per heavy atom. The molecule has 1 N–H and O–H groups in total. The molecule has 158 valence electrons. The first-order valence-corrected chi connectivity index (χ1v) is 8.90. The van der Waals surface area contributed by atoms with Gasteiger partial charge in [0, 0.05) is 12.0 Å². The number of ether oxygens (including phenoxy) is 1. The SMILES string of the molecule is CC(C)Cc1c(C(=O)O)c(C(F)F)nc(C(F)(F)F)c1/C(C#N)=C1/OCCC1Cl. The number of hydrogen-bond donors (Lipinski definition) is 1. The number of rotatable bonds is 5. The van der Waals surface area contributed by atoms with Crippen molar-refractivity contribution in [2.45, 2.75) is 44.7 Å². The molecular formula is C18H16ClF5N2O3. The van der Waals surface area contributed by atoms with E-state index in [0.717, 1.165) is 0 Å². The topological polar surface area (TPSA) is 83.2 Å². The Kier molecular flexibility index (Phi) is 6.73. The van der Waals surface area contributed by atoms with Crippen LogP contribution < -0.4 is 0 Å². The van der Waals surface area contributed by atoms with Gasteiger partial charge in [0.25, 0.3) is 6.43 Å². The summed E-state index contributed by atoms with van der Waals surface area (Å²) in [7, 11) is 0. The van der Waals surface area contributed by atoms with Crippen molar-refractivity contribution < 1.29 is 36.6 Å². The van der Waals surface area contributed by atoms with E-state index in [1.165, 1.54) is 0 Å². The molecule has 1 aliphatic rings. The Labute approximate surface area is 167 Å². The number of halogens is 6. The highest BCUT2D eigenvalue weighted by molar-refractivity contribution is 6.23. The van der Waals surface area contributed by atoms with Gasteiger partial charge in [-0.05, 0) is 17.9 Å². The number of aromatic nitrogens is 1. The van der Waals surface area contributed by atoms with E-state index in [2.05, 4.69) is 4.98 Å². The van der Waals surface area contributed by atoms with Crippen LogP contribution in [-0.2, 0) is 17.3 Å². The summed E-state index contributed by atoms with van der Waals surface area (Å²) in [6, 6.07) is 1.58. The minimum absolute atomic E-state index is 0.0455. The number of allylic oxidation sites excluding steroid dienone is 2. The van der Waals surface area contributed by atoms with Crippen LogP contribution in [0, 0.1) is 17.2 Å². The summed E-state index contributed by atoms with van der Waals surface area (Å²) < 4.78 is 73.4. The number of aromatic carboxylic acids is 1. The number of nitrogens with zero attached hydrogens (tertiary/aromatic N) is 2. The van der Waals surface area contributed by atoms with Crippen molar-refractivity contribution in [2.75, 3.05) is 6.61 Å². The standard InChI is InChI=1S/C18H16ClF5N2O3/c1-7(2)5-8-11(9(6-25)14-10(19)3-4-29-14)15(18(22,23)24)26-13(16(20)21)12(8)17(27)28/h7,10,16H,3-5H2,1-2H3,(H,27,28)/b14-9+. The van der Waals surface area contributed by atoms with Gasteiger partial charge in [0.15, 0.2) is 5.69 Å². The fourth-order valence-corrected chi connectivity index (χ4v) is 3.36. The van der Waals surface area contributed by atoms with Crippen molar-refractivity contribution in [1.29, 1.82) is 5.26 Å². The molecule has 1 unspecified atom stereocenters. The van der Waals surface area contributed by atoms with Crippen molar-refractivity contribution in [3.63, 3.8) is 0 Å². The molecule has 29 heavy (non-hydrogen) atoms. The molecule has 0 aliphatic carbocycles. The maximum absolute atomic E-state index is 13.8. The molecule has 1 saturated heterocycles. The number of hydrogen-bond acceptors (Lipinski definition) is 4. The van der Waals surface area contributed by atoms with Gasteiger partial charge in [0.05, 0.1) is 17.5 Å². The summed E-state index contributed by atoms with van der Waals surface area (Å²) in [4.78, 5) is 14.7. The lowest BCUT2D eigenvalue weighted by Gasteiger charge is -2.22. The van der Waals surface area contributed by atoms with Crippen LogP contribution >= 0.6 is 11.6 Å². The Morgan fingerprint density at radius 2 is 2.00 bits per heavy atom. The van der Waals surface area contributed by atoms with Crippen LogP contribution in [-0.4, -0.2) is 28.0 Å². The van der Waals surface area contributed by atoms with Crippen LogP contribution in [0.1, 0.15) is 59.6 Å². The summed E-state index contributed by atoms with van der Waals surface area (Å²) in [5, 5.41) is 18.1. The number of carboxylic acid groups (broad SMARTS) is 1. The minimum atomic E-state index is -5.23. The highest BCUT2D eigenvalue weighted by Crippen LogP contribution is 2.42. The Bertz CT molecular complexity index is 891. The highest BCUT2D eigenvalue weighted by Gasteiger charge is 2.43. The molecule has 0 amide bonds. The molecule has 5 nitrogen and oxygen atoms in total. The van der Waals surface area contributed by atoms with Gasteiger partial charge >= 0.3 is 12.1 Å². The van der Waals surface area contributed by atoms with Crippen molar-refractivity contribution in [3.8, 4) is 6.07 Å². The molecule has 0 aromatic carbocycles. The third kappa shape index (κ3) is 4.61. The molecule has 0 bridgehead atoms. The van der Waals surface area contributed by atoms with Crippen molar-refractivity contribution in [3.05, 3.63) is 33.8 Å². The van der Waals surface area contributed by atoms with Gasteiger partial charge in [0.1, 0.15) is 23.1 Å². The van der Waals surface area contributed by atoms with E-state index in [1.807, 2.05) is 0 Å². The fourth-order valence-electron chi connectivity index (χ4n) is 3.09. The zero-order chi connectivity index (χ0) is 22.1. The van der Waals surface area contributed by atoms with Crippen molar-refractivity contribution in [1.82, 2.24) is 4.98 Å². The van der Waals surface area contributed by atoms with Gasteiger partial charge in [0.2, 0.25) is 0 Å². The number of pyridine rings is 1. The van der Waals surface area contributed by atoms with E-state index < -0.39 is 63.5 Å². The third-order valence-electron chi connectivity index (χ3n) is 4.15. The first-order chi connectivity index (χ1) is 13.4. The molecule has 2 heterocycles. The van der Waals surface area contributed by atoms with E-state index in [0.29, 0.717) is 0 Å². The maximum Gasteiger partial charge on any atom is 0.434 e. The predicted molar refractivity (Wildman–Crippen MR) is 92.4 cm³/mol. The number of alkyl halides is 6. The van der Waals surface area contributed by atoms with Crippen molar-refractivity contribution >= 4 is 23.1 Å². The second-order valence-electron chi connectivity index (χ2n) is 6.73. The van der Waals surface area contributed by atoms with Crippen LogP contribution in [0.3, 0.4) is 0 Å². The molecule has 11 heteroatoms. The van der Waals surface area contributed by atoms with Crippen LogP contribution in [0.15, 0.2) is 5.76 Å². The molecule has 0 radical (unpaired) electrons. The monoisotopic (exact) mass is 438 g/mol. The zero-order valence-electron chi connectivity index (χ0n) is 15.3. The van der Waals surface area contributed by atoms with E-state index in [4.69, 9.17) is 16.3 Å². The van der Waals surface area contributed by atoms with E-state index in [9.17, 15) is 37.1 Å². The minimum Gasteiger partial charge on any atom is -0.495 e. The zero-order valence-corrected chi connectivity index (χ0v) is 16.0. The largest absolute Gasteiger partial charge is 0.495 e.